The molecule has 2 aromatic carbocycles. The molecule has 1 N–H and O–H groups in total. The SMILES string of the molecule is CSCn1cc(OC(=O)O)c(=O)c2cc(Cc3cccc(Cl)c3Cl)ccc21. The van der Waals surface area contributed by atoms with Gasteiger partial charge >= 0.3 is 6.16 Å². The van der Waals surface area contributed by atoms with Crippen LogP contribution in [0.5, 0.6) is 5.75 Å². The maximum atomic E-state index is 12.7. The Labute approximate surface area is 169 Å². The number of carboxylic acid groups (broad SMARTS) is 1. The number of pyridine rings is 1. The summed E-state index contributed by atoms with van der Waals surface area (Å²) in [4.78, 5) is 23.6. The minimum Gasteiger partial charge on any atom is -0.449 e. The van der Waals surface area contributed by atoms with Crippen LogP contribution < -0.4 is 10.2 Å². The van der Waals surface area contributed by atoms with Gasteiger partial charge in [0.1, 0.15) is 0 Å². The van der Waals surface area contributed by atoms with Crippen LogP contribution in [0, 0.1) is 0 Å². The van der Waals surface area contributed by atoms with Gasteiger partial charge < -0.3 is 14.4 Å². The highest BCUT2D eigenvalue weighted by Gasteiger charge is 2.14. The number of aromatic nitrogens is 1. The van der Waals surface area contributed by atoms with Crippen molar-refractivity contribution in [1.82, 2.24) is 4.57 Å². The first kappa shape index (κ1) is 19.6. The predicted octanol–water partition coefficient (Wildman–Crippen LogP) is 5.28. The Morgan fingerprint density at radius 3 is 2.74 bits per heavy atom. The maximum Gasteiger partial charge on any atom is 0.511 e. The van der Waals surface area contributed by atoms with E-state index in [0.29, 0.717) is 33.2 Å². The lowest BCUT2D eigenvalue weighted by Crippen LogP contribution is -2.16. The molecule has 0 fully saturated rings. The second-order valence-corrected chi connectivity index (χ2v) is 7.44. The van der Waals surface area contributed by atoms with Crippen molar-refractivity contribution in [3.8, 4) is 5.75 Å². The van der Waals surface area contributed by atoms with E-state index in [4.69, 9.17) is 28.3 Å². The molecule has 0 bridgehead atoms. The van der Waals surface area contributed by atoms with Gasteiger partial charge in [-0.3, -0.25) is 4.79 Å². The van der Waals surface area contributed by atoms with E-state index in [2.05, 4.69) is 4.74 Å². The molecule has 0 aliphatic carbocycles. The van der Waals surface area contributed by atoms with Crippen LogP contribution in [0.15, 0.2) is 47.4 Å². The van der Waals surface area contributed by atoms with Gasteiger partial charge in [0, 0.05) is 5.39 Å². The molecule has 1 heterocycles. The Balaban J connectivity index is 2.12. The quantitative estimate of drug-likeness (QED) is 0.565. The Morgan fingerprint density at radius 1 is 1.26 bits per heavy atom. The van der Waals surface area contributed by atoms with E-state index in [-0.39, 0.29) is 5.75 Å². The smallest absolute Gasteiger partial charge is 0.449 e. The summed E-state index contributed by atoms with van der Waals surface area (Å²) in [5, 5.41) is 10.2. The molecular formula is C19H15Cl2NO4S. The first-order chi connectivity index (χ1) is 12.9. The molecule has 0 unspecified atom stereocenters. The first-order valence-corrected chi connectivity index (χ1v) is 10.0. The van der Waals surface area contributed by atoms with Gasteiger partial charge in [-0.25, -0.2) is 4.79 Å². The summed E-state index contributed by atoms with van der Waals surface area (Å²) in [6.07, 6.45) is 2.30. The van der Waals surface area contributed by atoms with Crippen molar-refractivity contribution in [3.05, 3.63) is 74.0 Å². The number of thioether (sulfide) groups is 1. The van der Waals surface area contributed by atoms with Crippen molar-refractivity contribution in [2.45, 2.75) is 12.3 Å². The number of hydrogen-bond acceptors (Lipinski definition) is 4. The largest absolute Gasteiger partial charge is 0.511 e. The lowest BCUT2D eigenvalue weighted by molar-refractivity contribution is 0.144. The number of benzene rings is 2. The second kappa shape index (κ2) is 8.25. The van der Waals surface area contributed by atoms with Crippen molar-refractivity contribution in [3.63, 3.8) is 0 Å². The predicted molar refractivity (Wildman–Crippen MR) is 110 cm³/mol. The maximum absolute atomic E-state index is 12.7. The molecule has 0 amide bonds. The van der Waals surface area contributed by atoms with Gasteiger partial charge in [-0.2, -0.15) is 0 Å². The van der Waals surface area contributed by atoms with Crippen LogP contribution in [-0.4, -0.2) is 22.1 Å². The lowest BCUT2D eigenvalue weighted by Gasteiger charge is -2.13. The highest BCUT2D eigenvalue weighted by Crippen LogP contribution is 2.28. The average Bonchev–Trinajstić information content (AvgIpc) is 2.63. The zero-order valence-corrected chi connectivity index (χ0v) is 16.6. The summed E-state index contributed by atoms with van der Waals surface area (Å²) >= 11 is 13.9. The molecule has 0 saturated carbocycles. The monoisotopic (exact) mass is 423 g/mol. The first-order valence-electron chi connectivity index (χ1n) is 7.89. The molecule has 1 aromatic heterocycles. The van der Waals surface area contributed by atoms with Crippen LogP contribution in [0.1, 0.15) is 11.1 Å². The molecule has 0 aliphatic heterocycles. The number of hydrogen-bond donors (Lipinski definition) is 1. The van der Waals surface area contributed by atoms with Crippen molar-refractivity contribution in [2.24, 2.45) is 0 Å². The van der Waals surface area contributed by atoms with E-state index in [0.717, 1.165) is 11.1 Å². The van der Waals surface area contributed by atoms with E-state index < -0.39 is 11.6 Å². The summed E-state index contributed by atoms with van der Waals surface area (Å²) < 4.78 is 6.46. The number of carbonyl (C=O) groups is 1. The van der Waals surface area contributed by atoms with Gasteiger partial charge in [0.25, 0.3) is 0 Å². The van der Waals surface area contributed by atoms with Crippen LogP contribution in [0.4, 0.5) is 4.79 Å². The van der Waals surface area contributed by atoms with E-state index in [1.807, 2.05) is 30.5 Å². The molecule has 8 heteroatoms. The summed E-state index contributed by atoms with van der Waals surface area (Å²) in [6, 6.07) is 10.9. The lowest BCUT2D eigenvalue weighted by atomic mass is 10.0. The summed E-state index contributed by atoms with van der Waals surface area (Å²) in [5.74, 6) is 0.327. The Bertz CT molecular complexity index is 1080. The molecule has 0 spiro atoms. The third-order valence-corrected chi connectivity index (χ3v) is 5.40. The van der Waals surface area contributed by atoms with Crippen LogP contribution in [0.2, 0.25) is 10.0 Å². The van der Waals surface area contributed by atoms with Crippen molar-refractivity contribution in [2.75, 3.05) is 6.26 Å². The van der Waals surface area contributed by atoms with Crippen molar-refractivity contribution in [1.29, 1.82) is 0 Å². The zero-order valence-electron chi connectivity index (χ0n) is 14.2. The molecule has 5 nitrogen and oxygen atoms in total. The van der Waals surface area contributed by atoms with E-state index in [1.54, 1.807) is 16.7 Å². The summed E-state index contributed by atoms with van der Waals surface area (Å²) in [6.45, 7) is 0. The fourth-order valence-electron chi connectivity index (χ4n) is 2.85. The molecule has 0 radical (unpaired) electrons. The van der Waals surface area contributed by atoms with Crippen LogP contribution >= 0.6 is 35.0 Å². The highest BCUT2D eigenvalue weighted by atomic mass is 35.5. The molecule has 140 valence electrons. The van der Waals surface area contributed by atoms with Gasteiger partial charge in [0.2, 0.25) is 5.43 Å². The fourth-order valence-corrected chi connectivity index (χ4v) is 3.72. The van der Waals surface area contributed by atoms with Gasteiger partial charge in [0.15, 0.2) is 5.75 Å². The second-order valence-electron chi connectivity index (χ2n) is 5.82. The third kappa shape index (κ3) is 4.24. The van der Waals surface area contributed by atoms with Crippen LogP contribution in [-0.2, 0) is 12.3 Å². The van der Waals surface area contributed by atoms with E-state index in [9.17, 15) is 9.59 Å². The molecule has 0 atom stereocenters. The molecule has 27 heavy (non-hydrogen) atoms. The molecule has 0 saturated heterocycles. The number of ether oxygens (including phenoxy) is 1. The average molecular weight is 424 g/mol. The summed E-state index contributed by atoms with van der Waals surface area (Å²) in [5.41, 5.74) is 1.93. The third-order valence-electron chi connectivity index (χ3n) is 4.00. The number of halogens is 2. The van der Waals surface area contributed by atoms with Gasteiger partial charge in [-0.1, -0.05) is 41.4 Å². The van der Waals surface area contributed by atoms with Crippen LogP contribution in [0.3, 0.4) is 0 Å². The Hall–Kier alpha value is -2.15. The van der Waals surface area contributed by atoms with Crippen LogP contribution in [0.25, 0.3) is 10.9 Å². The Kier molecular flexibility index (Phi) is 5.99. The Morgan fingerprint density at radius 2 is 2.04 bits per heavy atom. The standard InChI is InChI=1S/C19H15Cl2NO4S/c1-27-10-22-9-16(26-19(24)25)18(23)13-8-11(5-6-15(13)22)7-12-3-2-4-14(20)17(12)21/h2-6,8-9H,7,10H2,1H3,(H,24,25). The summed E-state index contributed by atoms with van der Waals surface area (Å²) in [7, 11) is 0. The van der Waals surface area contributed by atoms with Crippen molar-refractivity contribution >= 4 is 52.0 Å². The number of nitrogens with zero attached hydrogens (tertiary/aromatic N) is 1. The normalized spacial score (nSPS) is 10.9. The molecule has 0 aliphatic rings. The zero-order chi connectivity index (χ0) is 19.6. The van der Waals surface area contributed by atoms with Crippen molar-refractivity contribution < 1.29 is 14.6 Å². The van der Waals surface area contributed by atoms with Gasteiger partial charge in [0.05, 0.1) is 27.6 Å². The molecule has 3 aromatic rings. The number of fused-ring (bicyclic) bond motifs is 1. The van der Waals surface area contributed by atoms with Gasteiger partial charge in [-0.15, -0.1) is 11.8 Å². The number of rotatable bonds is 5. The van der Waals surface area contributed by atoms with Gasteiger partial charge in [-0.05, 0) is 42.0 Å². The minimum atomic E-state index is -1.52. The fraction of sp³-hybridized carbons (Fsp3) is 0.158. The van der Waals surface area contributed by atoms with E-state index >= 15 is 0 Å². The molecule has 3 rings (SSSR count). The molecular weight excluding hydrogens is 409 g/mol. The minimum absolute atomic E-state index is 0.220. The topological polar surface area (TPSA) is 68.5 Å². The highest BCUT2D eigenvalue weighted by molar-refractivity contribution is 7.97. The van der Waals surface area contributed by atoms with E-state index in [1.165, 1.54) is 18.0 Å².